The van der Waals surface area contributed by atoms with Crippen molar-refractivity contribution in [1.82, 2.24) is 10.3 Å². The summed E-state index contributed by atoms with van der Waals surface area (Å²) in [6.07, 6.45) is 0.382. The molecule has 0 unspecified atom stereocenters. The molecule has 1 aromatic carbocycles. The minimum absolute atomic E-state index is 0.0679. The van der Waals surface area contributed by atoms with Gasteiger partial charge in [-0.15, -0.1) is 0 Å². The zero-order valence-corrected chi connectivity index (χ0v) is 9.90. The van der Waals surface area contributed by atoms with Gasteiger partial charge in [-0.1, -0.05) is 6.07 Å². The van der Waals surface area contributed by atoms with Crippen LogP contribution >= 0.6 is 0 Å². The number of aromatic hydroxyl groups is 1. The van der Waals surface area contributed by atoms with Gasteiger partial charge in [0.1, 0.15) is 11.8 Å². The number of rotatable bonds is 1. The van der Waals surface area contributed by atoms with E-state index >= 15 is 0 Å². The molecule has 0 bridgehead atoms. The first kappa shape index (κ1) is 11.1. The van der Waals surface area contributed by atoms with Crippen LogP contribution < -0.4 is 5.32 Å². The van der Waals surface area contributed by atoms with E-state index in [1.54, 1.807) is 12.1 Å². The lowest BCUT2D eigenvalue weighted by Crippen LogP contribution is -2.43. The lowest BCUT2D eigenvalue weighted by molar-refractivity contribution is -0.139. The van der Waals surface area contributed by atoms with Crippen LogP contribution in [-0.4, -0.2) is 27.2 Å². The van der Waals surface area contributed by atoms with Crippen molar-refractivity contribution in [3.05, 3.63) is 29.5 Å². The monoisotopic (exact) mass is 246 g/mol. The van der Waals surface area contributed by atoms with Crippen LogP contribution in [0.25, 0.3) is 10.9 Å². The maximum Gasteiger partial charge on any atom is 0.321 e. The Labute approximate surface area is 103 Å². The number of hydrogen-bond acceptors (Lipinski definition) is 3. The van der Waals surface area contributed by atoms with Crippen molar-refractivity contribution >= 4 is 16.9 Å². The number of H-pyrrole nitrogens is 1. The van der Waals surface area contributed by atoms with E-state index in [0.29, 0.717) is 6.42 Å². The Morgan fingerprint density at radius 2 is 2.22 bits per heavy atom. The summed E-state index contributed by atoms with van der Waals surface area (Å²) < 4.78 is 0. The molecule has 1 aromatic heterocycles. The molecule has 1 aliphatic rings. The van der Waals surface area contributed by atoms with Gasteiger partial charge < -0.3 is 15.2 Å². The van der Waals surface area contributed by atoms with E-state index in [0.717, 1.165) is 22.2 Å². The average molecular weight is 246 g/mol. The van der Waals surface area contributed by atoms with Crippen LogP contribution in [-0.2, 0) is 11.2 Å². The van der Waals surface area contributed by atoms with Crippen molar-refractivity contribution < 1.29 is 15.0 Å². The predicted molar refractivity (Wildman–Crippen MR) is 66.6 cm³/mol. The number of phenols is 1. The maximum absolute atomic E-state index is 11.1. The van der Waals surface area contributed by atoms with Crippen LogP contribution in [0.2, 0.25) is 0 Å². The molecule has 0 saturated heterocycles. The largest absolute Gasteiger partial charge is 0.507 e. The molecule has 1 aliphatic heterocycles. The summed E-state index contributed by atoms with van der Waals surface area (Å²) in [5.74, 6) is -0.666. The Balaban J connectivity index is 2.22. The van der Waals surface area contributed by atoms with Crippen LogP contribution in [0, 0.1) is 0 Å². The van der Waals surface area contributed by atoms with E-state index in [1.807, 2.05) is 13.0 Å². The zero-order chi connectivity index (χ0) is 12.9. The van der Waals surface area contributed by atoms with Gasteiger partial charge in [0, 0.05) is 29.1 Å². The summed E-state index contributed by atoms with van der Waals surface area (Å²) in [4.78, 5) is 14.4. The van der Waals surface area contributed by atoms with Crippen molar-refractivity contribution in [3.8, 4) is 5.75 Å². The van der Waals surface area contributed by atoms with E-state index in [4.69, 9.17) is 5.11 Å². The molecule has 0 radical (unpaired) electrons. The fourth-order valence-corrected chi connectivity index (χ4v) is 2.71. The number of benzene rings is 1. The van der Waals surface area contributed by atoms with Crippen LogP contribution in [0.1, 0.15) is 24.2 Å². The number of nitrogens with one attached hydrogen (secondary N) is 2. The number of fused-ring (bicyclic) bond motifs is 3. The van der Waals surface area contributed by atoms with Gasteiger partial charge in [0.05, 0.1) is 0 Å². The summed E-state index contributed by atoms with van der Waals surface area (Å²) in [7, 11) is 0. The molecule has 0 saturated carbocycles. The Morgan fingerprint density at radius 3 is 2.94 bits per heavy atom. The highest BCUT2D eigenvalue weighted by Crippen LogP contribution is 2.36. The Hall–Kier alpha value is -2.01. The lowest BCUT2D eigenvalue weighted by atomic mass is 9.94. The zero-order valence-electron chi connectivity index (χ0n) is 9.90. The molecular formula is C13H14N2O3. The highest BCUT2D eigenvalue weighted by molar-refractivity contribution is 5.91. The Bertz CT molecular complexity index is 632. The first-order chi connectivity index (χ1) is 8.58. The van der Waals surface area contributed by atoms with E-state index in [9.17, 15) is 9.90 Å². The average Bonchev–Trinajstić information content (AvgIpc) is 2.69. The third-order valence-corrected chi connectivity index (χ3v) is 3.53. The van der Waals surface area contributed by atoms with Crippen molar-refractivity contribution in [1.29, 1.82) is 0 Å². The quantitative estimate of drug-likeness (QED) is 0.614. The van der Waals surface area contributed by atoms with Gasteiger partial charge >= 0.3 is 5.97 Å². The van der Waals surface area contributed by atoms with Gasteiger partial charge in [-0.05, 0) is 24.6 Å². The smallest absolute Gasteiger partial charge is 0.321 e. The maximum atomic E-state index is 11.1. The second-order valence-electron chi connectivity index (χ2n) is 4.70. The van der Waals surface area contributed by atoms with Gasteiger partial charge in [0.2, 0.25) is 0 Å². The number of carbonyl (C=O) groups is 1. The number of carboxylic acid groups (broad SMARTS) is 1. The molecule has 5 nitrogen and oxygen atoms in total. The number of phenolic OH excluding ortho intramolecular Hbond substituents is 1. The fraction of sp³-hybridized carbons (Fsp3) is 0.308. The summed E-state index contributed by atoms with van der Waals surface area (Å²) in [6.45, 7) is 1.92. The molecule has 2 heterocycles. The first-order valence-corrected chi connectivity index (χ1v) is 5.89. The fourth-order valence-electron chi connectivity index (χ4n) is 2.71. The Morgan fingerprint density at radius 1 is 1.44 bits per heavy atom. The van der Waals surface area contributed by atoms with E-state index in [2.05, 4.69) is 10.3 Å². The molecule has 2 aromatic rings. The van der Waals surface area contributed by atoms with Crippen LogP contribution in [0.15, 0.2) is 18.2 Å². The van der Waals surface area contributed by atoms with Crippen LogP contribution in [0.3, 0.4) is 0 Å². The molecule has 0 fully saturated rings. The van der Waals surface area contributed by atoms with Crippen LogP contribution in [0.5, 0.6) is 5.75 Å². The molecule has 0 amide bonds. The SMILES string of the molecule is C[C@@H]1N[C@H](C(=O)O)Cc2c1[nH]c1cccc(O)c21. The molecule has 2 atom stereocenters. The van der Waals surface area contributed by atoms with E-state index in [1.165, 1.54) is 0 Å². The predicted octanol–water partition coefficient (Wildman–Crippen LogP) is 1.53. The summed E-state index contributed by atoms with van der Waals surface area (Å²) in [6, 6.07) is 4.61. The number of hydrogen-bond donors (Lipinski definition) is 4. The van der Waals surface area contributed by atoms with Crippen LogP contribution in [0.4, 0.5) is 0 Å². The van der Waals surface area contributed by atoms with Gasteiger partial charge in [-0.25, -0.2) is 0 Å². The molecule has 3 rings (SSSR count). The van der Waals surface area contributed by atoms with E-state index < -0.39 is 12.0 Å². The number of aromatic nitrogens is 1. The lowest BCUT2D eigenvalue weighted by Gasteiger charge is -2.26. The molecule has 4 N–H and O–H groups in total. The third kappa shape index (κ3) is 1.48. The Kier molecular flexibility index (Phi) is 2.31. The van der Waals surface area contributed by atoms with Gasteiger partial charge in [-0.2, -0.15) is 0 Å². The number of aromatic amines is 1. The number of aliphatic carboxylic acids is 1. The second-order valence-corrected chi connectivity index (χ2v) is 4.70. The molecule has 5 heteroatoms. The minimum Gasteiger partial charge on any atom is -0.507 e. The number of carboxylic acids is 1. The van der Waals surface area contributed by atoms with Crippen molar-refractivity contribution in [3.63, 3.8) is 0 Å². The molecular weight excluding hydrogens is 232 g/mol. The summed E-state index contributed by atoms with van der Waals surface area (Å²) in [5, 5.41) is 22.8. The van der Waals surface area contributed by atoms with Gasteiger partial charge in [0.25, 0.3) is 0 Å². The summed E-state index contributed by atoms with van der Waals surface area (Å²) in [5.41, 5.74) is 2.71. The molecule has 94 valence electrons. The normalized spacial score (nSPS) is 22.9. The minimum atomic E-state index is -0.864. The van der Waals surface area contributed by atoms with Crippen molar-refractivity contribution in [2.24, 2.45) is 0 Å². The van der Waals surface area contributed by atoms with Crippen molar-refractivity contribution in [2.75, 3.05) is 0 Å². The topological polar surface area (TPSA) is 85.4 Å². The third-order valence-electron chi connectivity index (χ3n) is 3.53. The second kappa shape index (κ2) is 3.74. The summed E-state index contributed by atoms with van der Waals surface area (Å²) >= 11 is 0. The molecule has 0 spiro atoms. The van der Waals surface area contributed by atoms with Crippen molar-refractivity contribution in [2.45, 2.75) is 25.4 Å². The van der Waals surface area contributed by atoms with Gasteiger partial charge in [-0.3, -0.25) is 10.1 Å². The van der Waals surface area contributed by atoms with Gasteiger partial charge in [0.15, 0.2) is 0 Å². The van der Waals surface area contributed by atoms with E-state index in [-0.39, 0.29) is 11.8 Å². The first-order valence-electron chi connectivity index (χ1n) is 5.89. The highest BCUT2D eigenvalue weighted by atomic mass is 16.4. The molecule has 0 aliphatic carbocycles. The highest BCUT2D eigenvalue weighted by Gasteiger charge is 2.31. The standard InChI is InChI=1S/C13H14N2O3/c1-6-12-7(5-9(14-6)13(17)18)11-8(15-12)3-2-4-10(11)16/h2-4,6,9,14-16H,5H2,1H3,(H,17,18)/t6-,9-/m0/s1. The molecule has 18 heavy (non-hydrogen) atoms.